The summed E-state index contributed by atoms with van der Waals surface area (Å²) in [5, 5.41) is 9.31. The topological polar surface area (TPSA) is 89.4 Å². The molecule has 0 unspecified atom stereocenters. The van der Waals surface area contributed by atoms with Crippen molar-refractivity contribution < 1.29 is 14.3 Å². The zero-order valence-electron chi connectivity index (χ0n) is 17.3. The number of rotatable bonds is 7. The van der Waals surface area contributed by atoms with Crippen LogP contribution in [0.15, 0.2) is 54.3 Å². The van der Waals surface area contributed by atoms with E-state index in [9.17, 15) is 9.59 Å². The fourth-order valence-corrected chi connectivity index (χ4v) is 4.38. The van der Waals surface area contributed by atoms with E-state index in [1.165, 1.54) is 11.3 Å². The molecule has 162 valence electrons. The summed E-state index contributed by atoms with van der Waals surface area (Å²) in [5.41, 5.74) is 1.57. The van der Waals surface area contributed by atoms with Crippen molar-refractivity contribution in [3.63, 3.8) is 0 Å². The predicted molar refractivity (Wildman–Crippen MR) is 118 cm³/mol. The van der Waals surface area contributed by atoms with Gasteiger partial charge in [-0.2, -0.15) is 5.10 Å². The van der Waals surface area contributed by atoms with Crippen LogP contribution in [0.25, 0.3) is 0 Å². The minimum absolute atomic E-state index is 0.0612. The van der Waals surface area contributed by atoms with E-state index in [1.54, 1.807) is 35.4 Å². The lowest BCUT2D eigenvalue weighted by molar-refractivity contribution is -0.137. The molecule has 1 aliphatic heterocycles. The second-order valence-corrected chi connectivity index (χ2v) is 8.23. The number of hydrogen-bond acceptors (Lipinski definition) is 6. The lowest BCUT2D eigenvalue weighted by Gasteiger charge is -2.37. The average Bonchev–Trinajstić information content (AvgIpc) is 3.49. The molecule has 0 bridgehead atoms. The first-order valence-corrected chi connectivity index (χ1v) is 11.2. The van der Waals surface area contributed by atoms with Gasteiger partial charge in [-0.3, -0.25) is 19.6 Å². The van der Waals surface area contributed by atoms with Gasteiger partial charge in [0.25, 0.3) is 5.91 Å². The third-order valence-corrected chi connectivity index (χ3v) is 6.10. The van der Waals surface area contributed by atoms with Gasteiger partial charge in [-0.05, 0) is 43.5 Å². The van der Waals surface area contributed by atoms with Gasteiger partial charge in [0.1, 0.15) is 6.54 Å². The highest BCUT2D eigenvalue weighted by Crippen LogP contribution is 2.31. The van der Waals surface area contributed by atoms with Crippen LogP contribution in [0.3, 0.4) is 0 Å². The standard InChI is InChI=1S/C22H25N5O3S/c1-2-27(20(28)15-26-11-3-9-24-26)18-8-12-30-19(14-18)16-4-6-17(7-5-16)21(29)25-22-23-10-13-31-22/h3-7,9-11,13,18-19H,2,8,12,14-15H2,1H3,(H,23,25,29)/t18-,19+/m1/s1. The molecule has 1 saturated heterocycles. The SMILES string of the molecule is CCN(C(=O)Cn1cccn1)[C@@H]1CCO[C@H](c2ccc(C(=O)Nc3nccs3)cc2)C1. The number of ether oxygens (including phenoxy) is 1. The number of amides is 2. The largest absolute Gasteiger partial charge is 0.373 e. The number of hydrogen-bond donors (Lipinski definition) is 1. The molecule has 2 aromatic heterocycles. The maximum atomic E-state index is 12.8. The number of carbonyl (C=O) groups excluding carboxylic acids is 2. The Labute approximate surface area is 184 Å². The van der Waals surface area contributed by atoms with Crippen molar-refractivity contribution in [2.45, 2.75) is 38.5 Å². The second-order valence-electron chi connectivity index (χ2n) is 7.33. The Morgan fingerprint density at radius 3 is 2.81 bits per heavy atom. The molecule has 1 aliphatic rings. The Morgan fingerprint density at radius 1 is 1.29 bits per heavy atom. The third kappa shape index (κ3) is 5.18. The molecule has 1 N–H and O–H groups in total. The van der Waals surface area contributed by atoms with Gasteiger partial charge in [-0.25, -0.2) is 4.98 Å². The number of thiazole rings is 1. The molecule has 3 aromatic rings. The number of anilines is 1. The first kappa shape index (κ1) is 21.2. The lowest BCUT2D eigenvalue weighted by Crippen LogP contribution is -2.45. The maximum absolute atomic E-state index is 12.8. The average molecular weight is 440 g/mol. The Kier molecular flexibility index (Phi) is 6.73. The zero-order valence-corrected chi connectivity index (χ0v) is 18.1. The van der Waals surface area contributed by atoms with Crippen LogP contribution in [-0.4, -0.2) is 50.7 Å². The first-order valence-electron chi connectivity index (χ1n) is 10.3. The van der Waals surface area contributed by atoms with Crippen molar-refractivity contribution in [1.29, 1.82) is 0 Å². The number of carbonyl (C=O) groups is 2. The molecule has 2 amide bonds. The summed E-state index contributed by atoms with van der Waals surface area (Å²) in [6, 6.07) is 9.36. The maximum Gasteiger partial charge on any atom is 0.257 e. The predicted octanol–water partition coefficient (Wildman–Crippen LogP) is 3.36. The van der Waals surface area contributed by atoms with Gasteiger partial charge in [-0.15, -0.1) is 11.3 Å². The molecule has 0 saturated carbocycles. The fraction of sp³-hybridized carbons (Fsp3) is 0.364. The molecular weight excluding hydrogens is 414 g/mol. The Hall–Kier alpha value is -3.04. The lowest BCUT2D eigenvalue weighted by atomic mass is 9.95. The Bertz CT molecular complexity index is 989. The quantitative estimate of drug-likeness (QED) is 0.610. The highest BCUT2D eigenvalue weighted by molar-refractivity contribution is 7.13. The monoisotopic (exact) mass is 439 g/mol. The number of nitrogens with one attached hydrogen (secondary N) is 1. The molecule has 0 radical (unpaired) electrons. The third-order valence-electron chi connectivity index (χ3n) is 5.41. The minimum atomic E-state index is -0.190. The molecule has 8 nitrogen and oxygen atoms in total. The summed E-state index contributed by atoms with van der Waals surface area (Å²) in [7, 11) is 0. The van der Waals surface area contributed by atoms with Crippen LogP contribution in [0.5, 0.6) is 0 Å². The van der Waals surface area contributed by atoms with E-state index < -0.39 is 0 Å². The zero-order chi connectivity index (χ0) is 21.6. The molecule has 9 heteroatoms. The molecule has 31 heavy (non-hydrogen) atoms. The molecule has 3 heterocycles. The van der Waals surface area contributed by atoms with Gasteiger partial charge in [0, 0.05) is 48.7 Å². The Balaban J connectivity index is 1.39. The molecule has 2 atom stereocenters. The summed E-state index contributed by atoms with van der Waals surface area (Å²) in [6.45, 7) is 3.48. The van der Waals surface area contributed by atoms with Gasteiger partial charge < -0.3 is 9.64 Å². The van der Waals surface area contributed by atoms with E-state index in [4.69, 9.17) is 4.74 Å². The minimum Gasteiger partial charge on any atom is -0.373 e. The van der Waals surface area contributed by atoms with Gasteiger partial charge in [0.15, 0.2) is 5.13 Å². The first-order chi connectivity index (χ1) is 15.1. The molecule has 1 aromatic carbocycles. The van der Waals surface area contributed by atoms with Crippen LogP contribution in [0.4, 0.5) is 5.13 Å². The molecule has 0 aliphatic carbocycles. The molecule has 0 spiro atoms. The van der Waals surface area contributed by atoms with Crippen LogP contribution in [0, 0.1) is 0 Å². The molecule has 4 rings (SSSR count). The van der Waals surface area contributed by atoms with Crippen molar-refractivity contribution >= 4 is 28.3 Å². The second kappa shape index (κ2) is 9.84. The van der Waals surface area contributed by atoms with E-state index in [0.29, 0.717) is 23.8 Å². The van der Waals surface area contributed by atoms with E-state index in [-0.39, 0.29) is 30.5 Å². The van der Waals surface area contributed by atoms with Crippen LogP contribution in [0.1, 0.15) is 41.8 Å². The number of benzene rings is 1. The van der Waals surface area contributed by atoms with Gasteiger partial charge in [0.2, 0.25) is 5.91 Å². The van der Waals surface area contributed by atoms with Crippen molar-refractivity contribution in [2.75, 3.05) is 18.5 Å². The van der Waals surface area contributed by atoms with Crippen LogP contribution < -0.4 is 5.32 Å². The number of aromatic nitrogens is 3. The van der Waals surface area contributed by atoms with Crippen molar-refractivity contribution in [2.24, 2.45) is 0 Å². The number of likely N-dealkylation sites (N-methyl/N-ethyl adjacent to an activating group) is 1. The van der Waals surface area contributed by atoms with Crippen molar-refractivity contribution in [1.82, 2.24) is 19.7 Å². The van der Waals surface area contributed by atoms with Crippen LogP contribution >= 0.6 is 11.3 Å². The molecule has 1 fully saturated rings. The van der Waals surface area contributed by atoms with Gasteiger partial charge in [-0.1, -0.05) is 12.1 Å². The van der Waals surface area contributed by atoms with E-state index in [2.05, 4.69) is 15.4 Å². The fourth-order valence-electron chi connectivity index (χ4n) is 3.86. The molecular formula is C22H25N5O3S. The smallest absolute Gasteiger partial charge is 0.257 e. The van der Waals surface area contributed by atoms with E-state index in [1.807, 2.05) is 35.4 Å². The van der Waals surface area contributed by atoms with Crippen molar-refractivity contribution in [3.05, 3.63) is 65.4 Å². The van der Waals surface area contributed by atoms with Crippen molar-refractivity contribution in [3.8, 4) is 0 Å². The highest BCUT2D eigenvalue weighted by atomic mass is 32.1. The van der Waals surface area contributed by atoms with Gasteiger partial charge in [0.05, 0.1) is 6.10 Å². The summed E-state index contributed by atoms with van der Waals surface area (Å²) in [5.74, 6) is -0.128. The highest BCUT2D eigenvalue weighted by Gasteiger charge is 2.30. The van der Waals surface area contributed by atoms with E-state index >= 15 is 0 Å². The number of nitrogens with zero attached hydrogens (tertiary/aromatic N) is 4. The van der Waals surface area contributed by atoms with Crippen LogP contribution in [-0.2, 0) is 16.1 Å². The summed E-state index contributed by atoms with van der Waals surface area (Å²) in [4.78, 5) is 31.2. The van der Waals surface area contributed by atoms with Crippen LogP contribution in [0.2, 0.25) is 0 Å². The summed E-state index contributed by atoms with van der Waals surface area (Å²) < 4.78 is 7.65. The van der Waals surface area contributed by atoms with E-state index in [0.717, 1.165) is 18.4 Å². The summed E-state index contributed by atoms with van der Waals surface area (Å²) >= 11 is 1.38. The Morgan fingerprint density at radius 2 is 2.13 bits per heavy atom. The summed E-state index contributed by atoms with van der Waals surface area (Å²) in [6.07, 6.45) is 6.55. The normalized spacial score (nSPS) is 18.5. The van der Waals surface area contributed by atoms with Gasteiger partial charge >= 0.3 is 0 Å².